The molecule has 0 radical (unpaired) electrons. The van der Waals surface area contributed by atoms with E-state index in [0.29, 0.717) is 23.3 Å². The maximum atomic E-state index is 13.6. The molecule has 1 saturated heterocycles. The van der Waals surface area contributed by atoms with Crippen LogP contribution in [0.25, 0.3) is 21.9 Å². The molecule has 2 atom stereocenters. The summed E-state index contributed by atoms with van der Waals surface area (Å²) < 4.78 is 19.4. The molecule has 3 aromatic rings. The van der Waals surface area contributed by atoms with Crippen molar-refractivity contribution in [3.63, 3.8) is 0 Å². The Labute approximate surface area is 181 Å². The normalized spacial score (nSPS) is 19.5. The number of carbonyl (C=O) groups excluding carboxylic acids is 1. The molecule has 2 aromatic carbocycles. The van der Waals surface area contributed by atoms with Crippen LogP contribution in [0.1, 0.15) is 24.2 Å². The number of nitrogen functional groups attached to an aromatic ring is 1. The van der Waals surface area contributed by atoms with Crippen molar-refractivity contribution >= 4 is 22.5 Å². The topological polar surface area (TPSA) is 80.5 Å². The van der Waals surface area contributed by atoms with E-state index in [1.54, 1.807) is 6.07 Å². The molecule has 0 bridgehead atoms. The summed E-state index contributed by atoms with van der Waals surface area (Å²) in [4.78, 5) is 19.4. The molecule has 1 amide bonds. The van der Waals surface area contributed by atoms with Gasteiger partial charge in [0.25, 0.3) is 5.91 Å². The molecule has 0 aliphatic carbocycles. The second-order valence-corrected chi connectivity index (χ2v) is 8.10. The number of nitrogens with two attached hydrogens (primary N) is 1. The molecule has 1 aromatic heterocycles. The molecule has 162 valence electrons. The number of anilines is 1. The van der Waals surface area contributed by atoms with Crippen molar-refractivity contribution in [3.8, 4) is 11.1 Å². The van der Waals surface area contributed by atoms with Gasteiger partial charge < -0.3 is 15.8 Å². The van der Waals surface area contributed by atoms with Crippen molar-refractivity contribution in [2.75, 3.05) is 31.9 Å². The minimum Gasteiger partial charge on any atom is -0.383 e. The largest absolute Gasteiger partial charge is 0.383 e. The lowest BCUT2D eigenvalue weighted by molar-refractivity contribution is -0.0672. The van der Waals surface area contributed by atoms with Crippen molar-refractivity contribution in [3.05, 3.63) is 60.0 Å². The van der Waals surface area contributed by atoms with Gasteiger partial charge in [0.2, 0.25) is 0 Å². The lowest BCUT2D eigenvalue weighted by atomic mass is 9.99. The number of fused-ring (bicyclic) bond motifs is 1. The van der Waals surface area contributed by atoms with Crippen molar-refractivity contribution in [2.45, 2.75) is 26.1 Å². The van der Waals surface area contributed by atoms with Gasteiger partial charge >= 0.3 is 0 Å². The van der Waals surface area contributed by atoms with Crippen molar-refractivity contribution in [2.24, 2.45) is 0 Å². The van der Waals surface area contributed by atoms with E-state index >= 15 is 0 Å². The fourth-order valence-corrected chi connectivity index (χ4v) is 4.18. The van der Waals surface area contributed by atoms with E-state index in [9.17, 15) is 9.18 Å². The fraction of sp³-hybridized carbons (Fsp3) is 0.333. The highest BCUT2D eigenvalue weighted by atomic mass is 19.1. The Morgan fingerprint density at radius 1 is 1.16 bits per heavy atom. The third-order valence-electron chi connectivity index (χ3n) is 5.53. The number of morpholine rings is 1. The highest BCUT2D eigenvalue weighted by Gasteiger charge is 2.22. The third kappa shape index (κ3) is 4.84. The molecule has 0 spiro atoms. The smallest absolute Gasteiger partial charge is 0.253 e. The number of ether oxygens (including phenoxy) is 1. The zero-order valence-electron chi connectivity index (χ0n) is 17.8. The molecule has 2 heterocycles. The van der Waals surface area contributed by atoms with Crippen LogP contribution in [0.4, 0.5) is 10.2 Å². The van der Waals surface area contributed by atoms with Gasteiger partial charge in [-0.25, -0.2) is 9.37 Å². The minimum absolute atomic E-state index is 0.189. The summed E-state index contributed by atoms with van der Waals surface area (Å²) in [6.07, 6.45) is 1.89. The predicted molar refractivity (Wildman–Crippen MR) is 120 cm³/mol. The first-order valence-corrected chi connectivity index (χ1v) is 10.5. The summed E-state index contributed by atoms with van der Waals surface area (Å²) in [6, 6.07) is 11.9. The number of benzene rings is 2. The van der Waals surface area contributed by atoms with Crippen LogP contribution in [0, 0.1) is 5.82 Å². The minimum atomic E-state index is -0.305. The molecular formula is C24H27FN4O2. The monoisotopic (exact) mass is 422 g/mol. The maximum absolute atomic E-state index is 13.6. The molecule has 6 nitrogen and oxygen atoms in total. The third-order valence-corrected chi connectivity index (χ3v) is 5.53. The highest BCUT2D eigenvalue weighted by Crippen LogP contribution is 2.29. The number of rotatable bonds is 5. The molecular weight excluding hydrogens is 395 g/mol. The fourth-order valence-electron chi connectivity index (χ4n) is 4.18. The molecule has 1 fully saturated rings. The summed E-state index contributed by atoms with van der Waals surface area (Å²) in [6.45, 7) is 7.13. The zero-order valence-corrected chi connectivity index (χ0v) is 17.8. The number of nitrogens with zero attached hydrogens (tertiary/aromatic N) is 2. The Bertz CT molecular complexity index is 1090. The average Bonchev–Trinajstić information content (AvgIpc) is 2.73. The lowest BCUT2D eigenvalue weighted by Crippen LogP contribution is -2.47. The first kappa shape index (κ1) is 21.2. The number of aromatic nitrogens is 1. The number of carbonyl (C=O) groups is 1. The van der Waals surface area contributed by atoms with Crippen LogP contribution in [0.15, 0.2) is 48.7 Å². The maximum Gasteiger partial charge on any atom is 0.253 e. The van der Waals surface area contributed by atoms with E-state index < -0.39 is 0 Å². The van der Waals surface area contributed by atoms with Crippen LogP contribution in [-0.4, -0.2) is 54.2 Å². The number of hydrogen-bond donors (Lipinski definition) is 2. The standard InChI is InChI=1S/C24H27FN4O2/c1-15-13-29(14-16(2)31-15)9-8-27-24(30)22-12-28-23(26)21-11-18(6-7-20(21)22)17-4-3-5-19(25)10-17/h3-7,10-12,15-16H,8-9,13-14H2,1-2H3,(H2,26,28)(H,27,30). The molecule has 1 aliphatic rings. The van der Waals surface area contributed by atoms with E-state index in [2.05, 4.69) is 29.0 Å². The Kier molecular flexibility index (Phi) is 6.15. The number of halogens is 1. The van der Waals surface area contributed by atoms with Gasteiger partial charge in [0.1, 0.15) is 11.6 Å². The van der Waals surface area contributed by atoms with Gasteiger partial charge in [0.05, 0.1) is 17.8 Å². The highest BCUT2D eigenvalue weighted by molar-refractivity contribution is 6.09. The number of amides is 1. The quantitative estimate of drug-likeness (QED) is 0.658. The first-order valence-electron chi connectivity index (χ1n) is 10.5. The number of pyridine rings is 1. The molecule has 4 rings (SSSR count). The SMILES string of the molecule is CC1CN(CCNC(=O)c2cnc(N)c3cc(-c4cccc(F)c4)ccc23)CC(C)O1. The molecule has 0 saturated carbocycles. The van der Waals surface area contributed by atoms with Crippen LogP contribution < -0.4 is 11.1 Å². The predicted octanol–water partition coefficient (Wildman–Crippen LogP) is 3.46. The van der Waals surface area contributed by atoms with Gasteiger partial charge in [-0.3, -0.25) is 9.69 Å². The Morgan fingerprint density at radius 2 is 1.90 bits per heavy atom. The van der Waals surface area contributed by atoms with Crippen LogP contribution in [0.5, 0.6) is 0 Å². The van der Waals surface area contributed by atoms with Crippen LogP contribution >= 0.6 is 0 Å². The van der Waals surface area contributed by atoms with E-state index in [4.69, 9.17) is 10.5 Å². The van der Waals surface area contributed by atoms with Gasteiger partial charge in [-0.05, 0) is 48.6 Å². The second kappa shape index (κ2) is 8.99. The second-order valence-electron chi connectivity index (χ2n) is 8.10. The van der Waals surface area contributed by atoms with Gasteiger partial charge in [0, 0.05) is 37.8 Å². The van der Waals surface area contributed by atoms with Gasteiger partial charge in [-0.2, -0.15) is 0 Å². The van der Waals surface area contributed by atoms with Crippen molar-refractivity contribution in [1.29, 1.82) is 0 Å². The molecule has 3 N–H and O–H groups in total. The van der Waals surface area contributed by atoms with Gasteiger partial charge in [-0.1, -0.05) is 24.3 Å². The summed E-state index contributed by atoms with van der Waals surface area (Å²) in [5, 5.41) is 4.38. The lowest BCUT2D eigenvalue weighted by Gasteiger charge is -2.35. The summed E-state index contributed by atoms with van der Waals surface area (Å²) >= 11 is 0. The van der Waals surface area contributed by atoms with E-state index in [0.717, 1.165) is 36.1 Å². The molecule has 7 heteroatoms. The van der Waals surface area contributed by atoms with Crippen LogP contribution in [-0.2, 0) is 4.74 Å². The van der Waals surface area contributed by atoms with Gasteiger partial charge in [-0.15, -0.1) is 0 Å². The van der Waals surface area contributed by atoms with E-state index in [1.807, 2.05) is 24.3 Å². The van der Waals surface area contributed by atoms with Gasteiger partial charge in [0.15, 0.2) is 0 Å². The summed E-state index contributed by atoms with van der Waals surface area (Å²) in [7, 11) is 0. The summed E-state index contributed by atoms with van der Waals surface area (Å²) in [5.41, 5.74) is 8.12. The molecule has 2 unspecified atom stereocenters. The number of hydrogen-bond acceptors (Lipinski definition) is 5. The number of nitrogens with one attached hydrogen (secondary N) is 1. The Balaban J connectivity index is 1.51. The van der Waals surface area contributed by atoms with Crippen LogP contribution in [0.2, 0.25) is 0 Å². The van der Waals surface area contributed by atoms with E-state index in [-0.39, 0.29) is 23.9 Å². The van der Waals surface area contributed by atoms with Crippen molar-refractivity contribution in [1.82, 2.24) is 15.2 Å². The summed E-state index contributed by atoms with van der Waals surface area (Å²) in [5.74, 6) is -0.160. The zero-order chi connectivity index (χ0) is 22.0. The first-order chi connectivity index (χ1) is 14.9. The van der Waals surface area contributed by atoms with E-state index in [1.165, 1.54) is 18.3 Å². The molecule has 31 heavy (non-hydrogen) atoms. The average molecular weight is 423 g/mol. The van der Waals surface area contributed by atoms with Crippen molar-refractivity contribution < 1.29 is 13.9 Å². The Hall–Kier alpha value is -3.03. The molecule has 1 aliphatic heterocycles. The van der Waals surface area contributed by atoms with Crippen LogP contribution in [0.3, 0.4) is 0 Å². The Morgan fingerprint density at radius 3 is 2.65 bits per heavy atom.